The van der Waals surface area contributed by atoms with Crippen LogP contribution in [0.15, 0.2) is 11.6 Å². The van der Waals surface area contributed by atoms with E-state index in [0.717, 1.165) is 31.3 Å². The van der Waals surface area contributed by atoms with Gasteiger partial charge < -0.3 is 0 Å². The molecule has 0 aromatic carbocycles. The number of hydrogen-bond acceptors (Lipinski definition) is 2. The van der Waals surface area contributed by atoms with Gasteiger partial charge in [0.15, 0.2) is 5.78 Å². The molecule has 2 nitrogen and oxygen atoms in total. The molecule has 0 saturated heterocycles. The first-order chi connectivity index (χ1) is 10.9. The Labute approximate surface area is 135 Å². The summed E-state index contributed by atoms with van der Waals surface area (Å²) >= 11 is 0. The van der Waals surface area contributed by atoms with Crippen LogP contribution in [0.1, 0.15) is 51.9 Å². The van der Waals surface area contributed by atoms with Crippen LogP contribution in [-0.2, 0) is 9.59 Å². The summed E-state index contributed by atoms with van der Waals surface area (Å²) in [7, 11) is 0. The second-order valence-corrected chi connectivity index (χ2v) is 8.30. The van der Waals surface area contributed by atoms with Gasteiger partial charge in [0.05, 0.1) is 0 Å². The summed E-state index contributed by atoms with van der Waals surface area (Å²) in [6.45, 7) is 2.02. The molecule has 126 valence electrons. The smallest absolute Gasteiger partial charge is 0.242 e. The summed E-state index contributed by atoms with van der Waals surface area (Å²) in [6, 6.07) is 0. The Bertz CT molecular complexity index is 582. The summed E-state index contributed by atoms with van der Waals surface area (Å²) in [5.41, 5.74) is 0.598. The maximum Gasteiger partial charge on any atom is 0.242 e. The average Bonchev–Trinajstić information content (AvgIpc) is 2.81. The molecule has 6 atom stereocenters. The van der Waals surface area contributed by atoms with E-state index in [4.69, 9.17) is 0 Å². The Morgan fingerprint density at radius 1 is 1.17 bits per heavy atom. The largest absolute Gasteiger partial charge is 0.299 e. The predicted octanol–water partition coefficient (Wildman–Crippen LogP) is 4.19. The molecule has 4 aliphatic carbocycles. The summed E-state index contributed by atoms with van der Waals surface area (Å²) in [4.78, 5) is 24.1. The number of carbonyl (C=O) groups excluding carboxylic acids is 2. The minimum Gasteiger partial charge on any atom is -0.299 e. The number of allylic oxidation sites excluding steroid dienone is 1. The zero-order valence-electron chi connectivity index (χ0n) is 13.6. The Morgan fingerprint density at radius 3 is 2.70 bits per heavy atom. The molecule has 0 aromatic heterocycles. The molecule has 4 heteroatoms. The van der Waals surface area contributed by atoms with E-state index in [1.165, 1.54) is 0 Å². The van der Waals surface area contributed by atoms with Crippen molar-refractivity contribution in [1.29, 1.82) is 0 Å². The zero-order chi connectivity index (χ0) is 16.4. The number of alkyl halides is 2. The van der Waals surface area contributed by atoms with Crippen molar-refractivity contribution in [1.82, 2.24) is 0 Å². The molecule has 0 heterocycles. The Morgan fingerprint density at radius 2 is 1.96 bits per heavy atom. The van der Waals surface area contributed by atoms with Crippen LogP contribution in [0.4, 0.5) is 8.78 Å². The van der Waals surface area contributed by atoms with Gasteiger partial charge in [-0.2, -0.15) is 0 Å². The molecular weight excluding hydrogens is 298 g/mol. The molecule has 4 rings (SSSR count). The minimum atomic E-state index is -2.36. The highest BCUT2D eigenvalue weighted by molar-refractivity contribution is 5.91. The van der Waals surface area contributed by atoms with Crippen molar-refractivity contribution in [2.75, 3.05) is 0 Å². The second kappa shape index (κ2) is 5.22. The third-order valence-electron chi connectivity index (χ3n) is 7.42. The van der Waals surface area contributed by atoms with E-state index in [1.807, 2.05) is 6.92 Å². The van der Waals surface area contributed by atoms with E-state index in [9.17, 15) is 18.4 Å². The number of Topliss-reactive ketones (excluding diaryl/α,β-unsaturated/α-hetero) is 1. The van der Waals surface area contributed by atoms with Crippen LogP contribution < -0.4 is 0 Å². The van der Waals surface area contributed by atoms with Crippen molar-refractivity contribution in [2.24, 2.45) is 35.0 Å². The molecule has 3 saturated carbocycles. The van der Waals surface area contributed by atoms with E-state index >= 15 is 0 Å². The fraction of sp³-hybridized carbons (Fsp3) is 0.789. The number of hydrogen-bond donors (Lipinski definition) is 0. The van der Waals surface area contributed by atoms with Gasteiger partial charge in [-0.15, -0.1) is 0 Å². The lowest BCUT2D eigenvalue weighted by Gasteiger charge is -2.54. The van der Waals surface area contributed by atoms with Gasteiger partial charge in [-0.25, -0.2) is 8.78 Å². The highest BCUT2D eigenvalue weighted by atomic mass is 19.3. The van der Waals surface area contributed by atoms with Crippen LogP contribution in [0.5, 0.6) is 0 Å². The monoisotopic (exact) mass is 322 g/mol. The van der Waals surface area contributed by atoms with Crippen molar-refractivity contribution in [2.45, 2.75) is 58.3 Å². The first-order valence-electron chi connectivity index (χ1n) is 8.96. The number of ketones is 2. The molecule has 0 unspecified atom stereocenters. The normalized spacial score (nSPS) is 46.3. The van der Waals surface area contributed by atoms with Crippen molar-refractivity contribution in [3.05, 3.63) is 11.6 Å². The van der Waals surface area contributed by atoms with E-state index in [2.05, 4.69) is 0 Å². The van der Waals surface area contributed by atoms with Crippen molar-refractivity contribution >= 4 is 11.6 Å². The van der Waals surface area contributed by atoms with Gasteiger partial charge in [-0.1, -0.05) is 12.5 Å². The lowest BCUT2D eigenvalue weighted by atomic mass is 9.49. The molecule has 0 spiro atoms. The van der Waals surface area contributed by atoms with Gasteiger partial charge in [0.2, 0.25) is 6.43 Å². The summed E-state index contributed by atoms with van der Waals surface area (Å²) in [5.74, 6) is 0.318. The number of fused-ring (bicyclic) bond motifs is 5. The van der Waals surface area contributed by atoms with E-state index in [1.54, 1.807) is 6.08 Å². The first-order valence-corrected chi connectivity index (χ1v) is 8.96. The zero-order valence-corrected chi connectivity index (χ0v) is 13.6. The minimum absolute atomic E-state index is 0.0458. The third-order valence-corrected chi connectivity index (χ3v) is 7.42. The molecule has 23 heavy (non-hydrogen) atoms. The standard InChI is InChI=1S/C19H24F2O2/c1-19-7-6-13-12-3-2-11(22)8-10(12)9-14(18(20)21)17(13)15(19)4-5-16(19)23/h8,12-15,17-18H,2-7,9H2,1H3/t12-,13+,14+,15-,17-,19-/m0/s1. The van der Waals surface area contributed by atoms with Gasteiger partial charge >= 0.3 is 0 Å². The molecule has 0 aromatic rings. The van der Waals surface area contributed by atoms with Gasteiger partial charge in [-0.3, -0.25) is 9.59 Å². The fourth-order valence-corrected chi connectivity index (χ4v) is 6.32. The van der Waals surface area contributed by atoms with Crippen LogP contribution in [0.2, 0.25) is 0 Å². The third kappa shape index (κ3) is 2.16. The number of rotatable bonds is 1. The number of halogens is 2. The average molecular weight is 322 g/mol. The predicted molar refractivity (Wildman–Crippen MR) is 82.0 cm³/mol. The molecule has 3 fully saturated rings. The molecule has 0 N–H and O–H groups in total. The Hall–Kier alpha value is -1.06. The summed E-state index contributed by atoms with van der Waals surface area (Å²) in [6.07, 6.45) is 4.07. The van der Waals surface area contributed by atoms with Crippen molar-refractivity contribution in [3.63, 3.8) is 0 Å². The van der Waals surface area contributed by atoms with Gasteiger partial charge in [0.25, 0.3) is 0 Å². The number of carbonyl (C=O) groups is 2. The lowest BCUT2D eigenvalue weighted by molar-refractivity contribution is -0.136. The highest BCUT2D eigenvalue weighted by Gasteiger charge is 2.59. The maximum atomic E-state index is 13.8. The summed E-state index contributed by atoms with van der Waals surface area (Å²) in [5, 5.41) is 0. The van der Waals surface area contributed by atoms with Crippen LogP contribution in [-0.4, -0.2) is 18.0 Å². The van der Waals surface area contributed by atoms with Crippen LogP contribution in [0.25, 0.3) is 0 Å². The lowest BCUT2D eigenvalue weighted by Crippen LogP contribution is -2.51. The molecule has 4 aliphatic rings. The molecule has 0 bridgehead atoms. The summed E-state index contributed by atoms with van der Waals surface area (Å²) < 4.78 is 27.7. The van der Waals surface area contributed by atoms with Crippen molar-refractivity contribution in [3.8, 4) is 0 Å². The maximum absolute atomic E-state index is 13.8. The van der Waals surface area contributed by atoms with Crippen LogP contribution in [0.3, 0.4) is 0 Å². The Kier molecular flexibility index (Phi) is 3.51. The van der Waals surface area contributed by atoms with Gasteiger partial charge in [0.1, 0.15) is 5.78 Å². The van der Waals surface area contributed by atoms with Gasteiger partial charge in [0, 0.05) is 24.2 Å². The van der Waals surface area contributed by atoms with E-state index in [-0.39, 0.29) is 34.7 Å². The van der Waals surface area contributed by atoms with Crippen LogP contribution >= 0.6 is 0 Å². The molecule has 0 amide bonds. The van der Waals surface area contributed by atoms with Crippen LogP contribution in [0, 0.1) is 35.0 Å². The molecule has 0 aliphatic heterocycles. The fourth-order valence-electron chi connectivity index (χ4n) is 6.32. The molecule has 0 radical (unpaired) electrons. The van der Waals surface area contributed by atoms with Crippen molar-refractivity contribution < 1.29 is 18.4 Å². The second-order valence-electron chi connectivity index (χ2n) is 8.30. The van der Waals surface area contributed by atoms with E-state index in [0.29, 0.717) is 25.2 Å². The van der Waals surface area contributed by atoms with E-state index < -0.39 is 12.3 Å². The quantitative estimate of drug-likeness (QED) is 0.725. The SMILES string of the molecule is C[C@]12CC[C@H]3[C@@H]([C@H](C(F)F)CC4=CC(=O)CC[C@@H]43)[C@@H]1CCC2=O. The highest BCUT2D eigenvalue weighted by Crippen LogP contribution is 2.62. The molecular formula is C19H24F2O2. The Balaban J connectivity index is 1.74. The topological polar surface area (TPSA) is 34.1 Å². The first kappa shape index (κ1) is 15.5. The van der Waals surface area contributed by atoms with Gasteiger partial charge in [-0.05, 0) is 61.9 Å².